The molecule has 0 N–H and O–H groups in total. The highest BCUT2D eigenvalue weighted by Crippen LogP contribution is 2.32. The number of benzene rings is 1. The van der Waals surface area contributed by atoms with Crippen LogP contribution in [-0.4, -0.2) is 37.1 Å². The number of piperidine rings is 1. The van der Waals surface area contributed by atoms with Crippen LogP contribution in [0.1, 0.15) is 43.3 Å². The Balaban J connectivity index is 1.33. The number of amides is 1. The van der Waals surface area contributed by atoms with Gasteiger partial charge in [-0.3, -0.25) is 9.78 Å². The molecule has 0 aliphatic carbocycles. The lowest BCUT2D eigenvalue weighted by molar-refractivity contribution is -0.135. The highest BCUT2D eigenvalue weighted by Gasteiger charge is 2.32. The number of para-hydroxylation sites is 1. The molecule has 1 aliphatic rings. The van der Waals surface area contributed by atoms with Crippen LogP contribution in [0.25, 0.3) is 22.5 Å². The number of rotatable bonds is 5. The normalized spacial score (nSPS) is 16.7. The number of pyridine rings is 1. The molecule has 7 heteroatoms. The van der Waals surface area contributed by atoms with Crippen LogP contribution < -0.4 is 0 Å². The van der Waals surface area contributed by atoms with E-state index >= 15 is 0 Å². The van der Waals surface area contributed by atoms with Gasteiger partial charge in [0.15, 0.2) is 0 Å². The van der Waals surface area contributed by atoms with E-state index in [2.05, 4.69) is 44.9 Å². The lowest BCUT2D eigenvalue weighted by atomic mass is 10.0. The number of hydrogen-bond donors (Lipinski definition) is 0. The van der Waals surface area contributed by atoms with Crippen molar-refractivity contribution in [3.8, 4) is 11.6 Å². The Hall–Kier alpha value is -3.48. The summed E-state index contributed by atoms with van der Waals surface area (Å²) >= 11 is 0. The maximum atomic E-state index is 13.2. The minimum atomic E-state index is -0.172. The van der Waals surface area contributed by atoms with E-state index in [1.54, 1.807) is 6.20 Å². The second-order valence-electron chi connectivity index (χ2n) is 8.01. The topological polar surface area (TPSA) is 77.1 Å². The van der Waals surface area contributed by atoms with Crippen molar-refractivity contribution >= 4 is 16.8 Å². The predicted octanol–water partition coefficient (Wildman–Crippen LogP) is 4.54. The Morgan fingerprint density at radius 3 is 2.87 bits per heavy atom. The van der Waals surface area contributed by atoms with E-state index in [4.69, 9.17) is 4.42 Å². The van der Waals surface area contributed by atoms with Gasteiger partial charge in [0.1, 0.15) is 11.7 Å². The van der Waals surface area contributed by atoms with Crippen molar-refractivity contribution in [1.82, 2.24) is 24.6 Å². The van der Waals surface area contributed by atoms with Crippen molar-refractivity contribution in [2.24, 2.45) is 0 Å². The fourth-order valence-electron chi connectivity index (χ4n) is 4.45. The van der Waals surface area contributed by atoms with Gasteiger partial charge in [-0.1, -0.05) is 24.3 Å². The van der Waals surface area contributed by atoms with Gasteiger partial charge in [-0.15, -0.1) is 10.2 Å². The molecule has 4 heterocycles. The molecule has 1 saturated heterocycles. The average molecular weight is 415 g/mol. The van der Waals surface area contributed by atoms with Crippen LogP contribution >= 0.6 is 0 Å². The third-order valence-electron chi connectivity index (χ3n) is 6.00. The molecule has 7 nitrogen and oxygen atoms in total. The summed E-state index contributed by atoms with van der Waals surface area (Å²) in [5.74, 6) is 1.01. The van der Waals surface area contributed by atoms with Crippen molar-refractivity contribution in [2.45, 2.75) is 45.2 Å². The van der Waals surface area contributed by atoms with Gasteiger partial charge in [-0.25, -0.2) is 0 Å². The summed E-state index contributed by atoms with van der Waals surface area (Å²) < 4.78 is 8.15. The van der Waals surface area contributed by atoms with Crippen LogP contribution in [-0.2, 0) is 11.3 Å². The second kappa shape index (κ2) is 8.34. The maximum absolute atomic E-state index is 13.2. The van der Waals surface area contributed by atoms with Crippen LogP contribution in [0.3, 0.4) is 0 Å². The molecule has 0 radical (unpaired) electrons. The Morgan fingerprint density at radius 2 is 2.00 bits per heavy atom. The van der Waals surface area contributed by atoms with E-state index < -0.39 is 0 Å². The maximum Gasteiger partial charge on any atom is 0.266 e. The fraction of sp³-hybridized carbons (Fsp3) is 0.333. The van der Waals surface area contributed by atoms with Gasteiger partial charge >= 0.3 is 0 Å². The summed E-state index contributed by atoms with van der Waals surface area (Å²) in [4.78, 5) is 19.4. The molecule has 4 aromatic rings. The minimum absolute atomic E-state index is 0.125. The quantitative estimate of drug-likeness (QED) is 0.478. The third-order valence-corrected chi connectivity index (χ3v) is 6.00. The molecule has 5 rings (SSSR count). The smallest absolute Gasteiger partial charge is 0.266 e. The first-order valence-electron chi connectivity index (χ1n) is 10.8. The minimum Gasteiger partial charge on any atom is -0.417 e. The van der Waals surface area contributed by atoms with Gasteiger partial charge in [-0.2, -0.15) is 0 Å². The van der Waals surface area contributed by atoms with Crippen LogP contribution in [0, 0.1) is 6.92 Å². The highest BCUT2D eigenvalue weighted by atomic mass is 16.4. The lowest BCUT2D eigenvalue weighted by Gasteiger charge is -2.33. The third kappa shape index (κ3) is 3.83. The van der Waals surface area contributed by atoms with Gasteiger partial charge in [0.25, 0.3) is 5.89 Å². The molecule has 0 saturated carbocycles. The summed E-state index contributed by atoms with van der Waals surface area (Å²) in [7, 11) is 0. The molecule has 158 valence electrons. The van der Waals surface area contributed by atoms with Gasteiger partial charge in [0.05, 0.1) is 0 Å². The van der Waals surface area contributed by atoms with E-state index in [1.807, 2.05) is 35.2 Å². The molecular weight excluding hydrogens is 390 g/mol. The Bertz CT molecular complexity index is 1200. The van der Waals surface area contributed by atoms with Crippen molar-refractivity contribution in [2.75, 3.05) is 6.54 Å². The molecule has 1 atom stereocenters. The SMILES string of the molecule is Cc1cc2ccccc2n1CCC(=O)N1CCCCC1c1nnc(-c2ccccn2)o1. The van der Waals surface area contributed by atoms with Crippen molar-refractivity contribution in [1.29, 1.82) is 0 Å². The zero-order valence-corrected chi connectivity index (χ0v) is 17.6. The van der Waals surface area contributed by atoms with Crippen LogP contribution in [0.15, 0.2) is 59.1 Å². The first kappa shape index (κ1) is 19.5. The number of likely N-dealkylation sites (tertiary alicyclic amines) is 1. The predicted molar refractivity (Wildman–Crippen MR) is 117 cm³/mol. The fourth-order valence-corrected chi connectivity index (χ4v) is 4.45. The highest BCUT2D eigenvalue weighted by molar-refractivity contribution is 5.82. The first-order valence-corrected chi connectivity index (χ1v) is 10.8. The molecule has 1 amide bonds. The number of nitrogens with zero attached hydrogens (tertiary/aromatic N) is 5. The Kier molecular flexibility index (Phi) is 5.24. The summed E-state index contributed by atoms with van der Waals surface area (Å²) in [6.45, 7) is 3.46. The largest absolute Gasteiger partial charge is 0.417 e. The van der Waals surface area contributed by atoms with Crippen LogP contribution in [0.5, 0.6) is 0 Å². The summed E-state index contributed by atoms with van der Waals surface area (Å²) in [6.07, 6.45) is 5.01. The number of carbonyl (C=O) groups is 1. The molecule has 0 spiro atoms. The van der Waals surface area contributed by atoms with Crippen molar-refractivity contribution in [3.05, 3.63) is 66.3 Å². The summed E-state index contributed by atoms with van der Waals surface area (Å²) in [5, 5.41) is 9.63. The number of fused-ring (bicyclic) bond motifs is 1. The second-order valence-corrected chi connectivity index (χ2v) is 8.01. The van der Waals surface area contributed by atoms with E-state index in [0.29, 0.717) is 30.4 Å². The van der Waals surface area contributed by atoms with Gasteiger partial charge in [-0.05, 0) is 55.8 Å². The van der Waals surface area contributed by atoms with Crippen LogP contribution in [0.4, 0.5) is 0 Å². The number of carbonyl (C=O) groups excluding carboxylic acids is 1. The molecule has 31 heavy (non-hydrogen) atoms. The molecule has 3 aromatic heterocycles. The molecule has 1 unspecified atom stereocenters. The Labute approximate surface area is 180 Å². The molecular formula is C24H25N5O2. The molecule has 1 fully saturated rings. The summed E-state index contributed by atoms with van der Waals surface area (Å²) in [6, 6.07) is 15.9. The first-order chi connectivity index (χ1) is 15.2. The number of hydrogen-bond acceptors (Lipinski definition) is 5. The summed E-state index contributed by atoms with van der Waals surface area (Å²) in [5.41, 5.74) is 2.98. The number of aromatic nitrogens is 4. The molecule has 1 aromatic carbocycles. The van der Waals surface area contributed by atoms with E-state index in [0.717, 1.165) is 25.8 Å². The van der Waals surface area contributed by atoms with Crippen molar-refractivity contribution < 1.29 is 9.21 Å². The Morgan fingerprint density at radius 1 is 1.13 bits per heavy atom. The van der Waals surface area contributed by atoms with Crippen molar-refractivity contribution in [3.63, 3.8) is 0 Å². The van der Waals surface area contributed by atoms with E-state index in [1.165, 1.54) is 16.6 Å². The molecule has 0 bridgehead atoms. The number of aryl methyl sites for hydroxylation is 2. The lowest BCUT2D eigenvalue weighted by Crippen LogP contribution is -2.39. The average Bonchev–Trinajstić information content (AvgIpc) is 3.42. The zero-order valence-electron chi connectivity index (χ0n) is 17.6. The molecule has 1 aliphatic heterocycles. The van der Waals surface area contributed by atoms with E-state index in [9.17, 15) is 4.79 Å². The van der Waals surface area contributed by atoms with Gasteiger partial charge < -0.3 is 13.9 Å². The zero-order chi connectivity index (χ0) is 21.2. The standard InChI is InChI=1S/C24H25N5O2/c1-17-16-18-8-2-3-10-20(18)28(17)15-12-22(30)29-14-7-5-11-21(29)24-27-26-23(31-24)19-9-4-6-13-25-19/h2-4,6,8-10,13,16,21H,5,7,11-12,14-15H2,1H3. The van der Waals surface area contributed by atoms with Gasteiger partial charge in [0, 0.05) is 36.9 Å². The van der Waals surface area contributed by atoms with Gasteiger partial charge in [0.2, 0.25) is 11.8 Å². The monoisotopic (exact) mass is 415 g/mol. The van der Waals surface area contributed by atoms with Crippen LogP contribution in [0.2, 0.25) is 0 Å². The van der Waals surface area contributed by atoms with E-state index in [-0.39, 0.29) is 11.9 Å².